The lowest BCUT2D eigenvalue weighted by molar-refractivity contribution is 0.0518. The maximum atomic E-state index is 11.8. The molecule has 0 bridgehead atoms. The van der Waals surface area contributed by atoms with Crippen LogP contribution in [0.3, 0.4) is 0 Å². The van der Waals surface area contributed by atoms with Gasteiger partial charge in [0.1, 0.15) is 22.2 Å². The van der Waals surface area contributed by atoms with Crippen LogP contribution in [0.25, 0.3) is 22.1 Å². The Hall–Kier alpha value is -3.64. The lowest BCUT2D eigenvalue weighted by atomic mass is 10.2. The molecule has 0 radical (unpaired) electrons. The number of halogens is 2. The fraction of sp³-hybridized carbons (Fsp3) is 0.364. The van der Waals surface area contributed by atoms with Crippen LogP contribution in [0, 0.1) is 0 Å². The maximum absolute atomic E-state index is 11.8. The Labute approximate surface area is 216 Å². The molecule has 4 N–H and O–H groups in total. The normalized spacial score (nSPS) is 10.8. The third kappa shape index (κ3) is 5.60. The fourth-order valence-electron chi connectivity index (χ4n) is 3.45. The largest absolute Gasteiger partial charge is 0.462 e. The van der Waals surface area contributed by atoms with Gasteiger partial charge in [0.2, 0.25) is 0 Å². The van der Waals surface area contributed by atoms with E-state index in [0.29, 0.717) is 71.3 Å². The van der Waals surface area contributed by atoms with Gasteiger partial charge in [0.05, 0.1) is 36.9 Å². The van der Waals surface area contributed by atoms with Crippen LogP contribution in [0.4, 0.5) is 11.6 Å². The Balaban J connectivity index is 0.000000201. The van der Waals surface area contributed by atoms with E-state index >= 15 is 0 Å². The Kier molecular flexibility index (Phi) is 9.25. The van der Waals surface area contributed by atoms with Crippen molar-refractivity contribution in [1.29, 1.82) is 0 Å². The Morgan fingerprint density at radius 2 is 1.17 bits per heavy atom. The zero-order valence-electron chi connectivity index (χ0n) is 19.8. The molecule has 0 saturated heterocycles. The van der Waals surface area contributed by atoms with E-state index in [9.17, 15) is 9.59 Å². The van der Waals surface area contributed by atoms with E-state index in [1.165, 1.54) is 12.4 Å². The monoisotopic (exact) mass is 536 g/mol. The number of imidazole rings is 2. The van der Waals surface area contributed by atoms with Crippen LogP contribution in [-0.2, 0) is 22.6 Å². The number of anilines is 2. The molecule has 0 atom stereocenters. The van der Waals surface area contributed by atoms with Crippen molar-refractivity contribution in [3.05, 3.63) is 36.2 Å². The minimum atomic E-state index is -0.439. The summed E-state index contributed by atoms with van der Waals surface area (Å²) in [6.45, 7) is 5.16. The van der Waals surface area contributed by atoms with Crippen LogP contribution in [0.5, 0.6) is 0 Å². The Bertz CT molecular complexity index is 1270. The molecule has 0 aliphatic rings. The molecule has 192 valence electrons. The zero-order chi connectivity index (χ0) is 26.2. The number of nitrogens with two attached hydrogens (primary N) is 2. The lowest BCUT2D eigenvalue weighted by Crippen LogP contribution is -2.10. The van der Waals surface area contributed by atoms with Crippen molar-refractivity contribution in [3.63, 3.8) is 0 Å². The summed E-state index contributed by atoms with van der Waals surface area (Å²) in [6, 6.07) is 0. The van der Waals surface area contributed by atoms with Crippen molar-refractivity contribution < 1.29 is 19.1 Å². The van der Waals surface area contributed by atoms with E-state index in [1.807, 2.05) is 0 Å². The second-order valence-electron chi connectivity index (χ2n) is 7.20. The number of rotatable bonds is 8. The number of nitrogens with zero attached hydrogens (tertiary/aromatic N) is 6. The van der Waals surface area contributed by atoms with Crippen LogP contribution in [0.15, 0.2) is 25.0 Å². The predicted molar refractivity (Wildman–Crippen MR) is 137 cm³/mol. The van der Waals surface area contributed by atoms with Crippen LogP contribution in [0.1, 0.15) is 34.6 Å². The van der Waals surface area contributed by atoms with Crippen molar-refractivity contribution in [1.82, 2.24) is 29.1 Å². The highest BCUT2D eigenvalue weighted by atomic mass is 35.5. The molecule has 0 aromatic carbocycles. The summed E-state index contributed by atoms with van der Waals surface area (Å²) in [5, 5.41) is 0. The third-order valence-corrected chi connectivity index (χ3v) is 5.32. The number of pyridine rings is 2. The number of esters is 2. The van der Waals surface area contributed by atoms with E-state index in [0.717, 1.165) is 0 Å². The molecule has 4 heterocycles. The molecule has 4 aromatic heterocycles. The summed E-state index contributed by atoms with van der Waals surface area (Å²) in [7, 11) is 0. The van der Waals surface area contributed by atoms with E-state index in [2.05, 4.69) is 19.9 Å². The number of carbonyl (C=O) groups is 2. The molecule has 0 spiro atoms. The number of carbonyl (C=O) groups excluding carboxylic acids is 2. The minimum Gasteiger partial charge on any atom is -0.462 e. The van der Waals surface area contributed by atoms with Gasteiger partial charge in [-0.15, -0.1) is 23.2 Å². The summed E-state index contributed by atoms with van der Waals surface area (Å²) >= 11 is 11.4. The quantitative estimate of drug-likeness (QED) is 0.252. The van der Waals surface area contributed by atoms with Gasteiger partial charge >= 0.3 is 11.9 Å². The second-order valence-corrected chi connectivity index (χ2v) is 7.96. The summed E-state index contributed by atoms with van der Waals surface area (Å²) in [6.07, 6.45) is 5.99. The van der Waals surface area contributed by atoms with Gasteiger partial charge < -0.3 is 30.1 Å². The molecule has 4 rings (SSSR count). The lowest BCUT2D eigenvalue weighted by Gasteiger charge is -2.07. The van der Waals surface area contributed by atoms with E-state index in [4.69, 9.17) is 44.1 Å². The highest BCUT2D eigenvalue weighted by molar-refractivity contribution is 6.18. The van der Waals surface area contributed by atoms with Crippen molar-refractivity contribution in [2.45, 2.75) is 26.9 Å². The average Bonchev–Trinajstić information content (AvgIpc) is 3.47. The first kappa shape index (κ1) is 27.0. The molecule has 0 aliphatic heterocycles. The molecule has 14 heteroatoms. The van der Waals surface area contributed by atoms with Crippen LogP contribution in [0.2, 0.25) is 0 Å². The number of alkyl halides is 2. The predicted octanol–water partition coefficient (Wildman–Crippen LogP) is 2.86. The van der Waals surface area contributed by atoms with E-state index in [1.54, 1.807) is 35.6 Å². The average molecular weight is 537 g/mol. The highest BCUT2D eigenvalue weighted by Gasteiger charge is 2.19. The molecule has 0 unspecified atom stereocenters. The van der Waals surface area contributed by atoms with Gasteiger partial charge in [-0.05, 0) is 13.8 Å². The number of hydrogen-bond acceptors (Lipinski definition) is 10. The first-order chi connectivity index (χ1) is 17.4. The highest BCUT2D eigenvalue weighted by Crippen LogP contribution is 2.23. The van der Waals surface area contributed by atoms with Gasteiger partial charge in [0.15, 0.2) is 11.6 Å². The molecular weight excluding hydrogens is 511 g/mol. The van der Waals surface area contributed by atoms with E-state index in [-0.39, 0.29) is 11.6 Å². The standard InChI is InChI=1S/2C11H13ClN4O2/c2*1-2-18-11(17)7-5-14-10(13)8-9(7)16(4-3-12)6-15-8/h2*5-6H,2-4H2,1H3,(H2,13,14). The smallest absolute Gasteiger partial charge is 0.341 e. The number of fused-ring (bicyclic) bond motifs is 2. The molecule has 0 fully saturated rings. The van der Waals surface area contributed by atoms with Crippen molar-refractivity contribution in [2.24, 2.45) is 0 Å². The molecule has 4 aromatic rings. The second kappa shape index (κ2) is 12.4. The first-order valence-electron chi connectivity index (χ1n) is 11.0. The van der Waals surface area contributed by atoms with Gasteiger partial charge in [-0.3, -0.25) is 0 Å². The first-order valence-corrected chi connectivity index (χ1v) is 12.1. The number of nitrogen functional groups attached to an aromatic ring is 2. The number of aryl methyl sites for hydroxylation is 2. The van der Waals surface area contributed by atoms with Crippen molar-refractivity contribution >= 4 is 68.8 Å². The van der Waals surface area contributed by atoms with Gasteiger partial charge in [-0.1, -0.05) is 0 Å². The summed E-state index contributed by atoms with van der Waals surface area (Å²) in [4.78, 5) is 39.9. The molecule has 12 nitrogen and oxygen atoms in total. The van der Waals surface area contributed by atoms with Crippen LogP contribution in [-0.4, -0.2) is 66.0 Å². The number of ether oxygens (including phenoxy) is 2. The van der Waals surface area contributed by atoms with Crippen molar-refractivity contribution in [3.8, 4) is 0 Å². The van der Waals surface area contributed by atoms with Crippen molar-refractivity contribution in [2.75, 3.05) is 36.4 Å². The molecule has 0 saturated carbocycles. The minimum absolute atomic E-state index is 0.284. The van der Waals surface area contributed by atoms with Gasteiger partial charge in [0.25, 0.3) is 0 Å². The molecule has 0 amide bonds. The van der Waals surface area contributed by atoms with Gasteiger partial charge in [0, 0.05) is 37.2 Å². The SMILES string of the molecule is CCOC(=O)c1cnc(N)c2ncn(CCCl)c12.CCOC(=O)c1cnc(N)c2ncn(CCCl)c12. The zero-order valence-corrected chi connectivity index (χ0v) is 21.3. The maximum Gasteiger partial charge on any atom is 0.341 e. The van der Waals surface area contributed by atoms with Gasteiger partial charge in [-0.2, -0.15) is 0 Å². The molecular formula is C22H26Cl2N8O4. The van der Waals surface area contributed by atoms with Gasteiger partial charge in [-0.25, -0.2) is 29.5 Å². The fourth-order valence-corrected chi connectivity index (χ4v) is 3.82. The van der Waals surface area contributed by atoms with Crippen LogP contribution >= 0.6 is 23.2 Å². The topological polar surface area (TPSA) is 166 Å². The summed E-state index contributed by atoms with van der Waals surface area (Å²) in [5.74, 6) is 0.515. The Morgan fingerprint density at radius 1 is 0.778 bits per heavy atom. The molecule has 0 aliphatic carbocycles. The van der Waals surface area contributed by atoms with Crippen LogP contribution < -0.4 is 11.5 Å². The molecule has 36 heavy (non-hydrogen) atoms. The Morgan fingerprint density at radius 3 is 1.50 bits per heavy atom. The number of hydrogen-bond donors (Lipinski definition) is 2. The van der Waals surface area contributed by atoms with E-state index < -0.39 is 11.9 Å². The summed E-state index contributed by atoms with van der Waals surface area (Å²) in [5.41, 5.74) is 14.4. The summed E-state index contributed by atoms with van der Waals surface area (Å²) < 4.78 is 13.5. The number of aromatic nitrogens is 6. The third-order valence-electron chi connectivity index (χ3n) is 4.98.